The molecular formula is C15H12BrFO4. The lowest BCUT2D eigenvalue weighted by atomic mass is 10.2. The minimum Gasteiger partial charge on any atom is -0.494 e. The number of carboxylic acid groups (broad SMARTS) is 1. The van der Waals surface area contributed by atoms with Crippen molar-refractivity contribution in [2.75, 3.05) is 7.11 Å². The first-order chi connectivity index (χ1) is 10.0. The van der Waals surface area contributed by atoms with Gasteiger partial charge in [0.2, 0.25) is 0 Å². The predicted molar refractivity (Wildman–Crippen MR) is 78.4 cm³/mol. The third-order valence-electron chi connectivity index (χ3n) is 2.79. The number of hydrogen-bond donors (Lipinski definition) is 1. The summed E-state index contributed by atoms with van der Waals surface area (Å²) in [6, 6.07) is 8.97. The van der Waals surface area contributed by atoms with E-state index < -0.39 is 11.8 Å². The molecule has 0 atom stereocenters. The number of hydrogen-bond acceptors (Lipinski definition) is 3. The minimum absolute atomic E-state index is 0.114. The Bertz CT molecular complexity index is 673. The molecule has 0 heterocycles. The van der Waals surface area contributed by atoms with Crippen LogP contribution in [0.1, 0.15) is 15.9 Å². The molecular weight excluding hydrogens is 343 g/mol. The van der Waals surface area contributed by atoms with E-state index in [0.717, 1.165) is 0 Å². The van der Waals surface area contributed by atoms with Gasteiger partial charge < -0.3 is 14.6 Å². The summed E-state index contributed by atoms with van der Waals surface area (Å²) >= 11 is 3.28. The van der Waals surface area contributed by atoms with Gasteiger partial charge in [-0.15, -0.1) is 0 Å². The Hall–Kier alpha value is -2.08. The molecule has 0 aliphatic heterocycles. The summed E-state index contributed by atoms with van der Waals surface area (Å²) in [5.74, 6) is -0.973. The summed E-state index contributed by atoms with van der Waals surface area (Å²) in [6.45, 7) is 0.114. The fourth-order valence-electron chi connectivity index (χ4n) is 1.71. The van der Waals surface area contributed by atoms with Crippen LogP contribution in [-0.2, 0) is 6.61 Å². The topological polar surface area (TPSA) is 55.8 Å². The van der Waals surface area contributed by atoms with Crippen LogP contribution in [0.25, 0.3) is 0 Å². The van der Waals surface area contributed by atoms with E-state index in [1.807, 2.05) is 0 Å². The van der Waals surface area contributed by atoms with Crippen LogP contribution in [-0.4, -0.2) is 18.2 Å². The summed E-state index contributed by atoms with van der Waals surface area (Å²) < 4.78 is 24.5. The summed E-state index contributed by atoms with van der Waals surface area (Å²) in [5, 5.41) is 8.95. The van der Waals surface area contributed by atoms with Crippen molar-refractivity contribution in [3.63, 3.8) is 0 Å². The van der Waals surface area contributed by atoms with Crippen LogP contribution in [0.5, 0.6) is 11.5 Å². The van der Waals surface area contributed by atoms with Gasteiger partial charge >= 0.3 is 5.97 Å². The van der Waals surface area contributed by atoms with Crippen LogP contribution >= 0.6 is 15.9 Å². The van der Waals surface area contributed by atoms with E-state index in [4.69, 9.17) is 14.6 Å². The van der Waals surface area contributed by atoms with Gasteiger partial charge in [0, 0.05) is 0 Å². The molecule has 2 aromatic carbocycles. The fraction of sp³-hybridized carbons (Fsp3) is 0.133. The second-order valence-corrected chi connectivity index (χ2v) is 5.06. The standard InChI is InChI=1S/C15H12BrFO4/c1-20-13-5-2-9(6-12(13)17)8-21-14-7-10(15(18)19)3-4-11(14)16/h2-7H,8H2,1H3,(H,18,19). The molecule has 0 unspecified atom stereocenters. The predicted octanol–water partition coefficient (Wildman–Crippen LogP) is 3.87. The van der Waals surface area contributed by atoms with Gasteiger partial charge in [-0.2, -0.15) is 0 Å². The van der Waals surface area contributed by atoms with E-state index in [1.165, 1.54) is 31.4 Å². The Morgan fingerprint density at radius 1 is 1.24 bits per heavy atom. The molecule has 0 fully saturated rings. The summed E-state index contributed by atoms with van der Waals surface area (Å²) in [7, 11) is 1.39. The third-order valence-corrected chi connectivity index (χ3v) is 3.44. The largest absolute Gasteiger partial charge is 0.494 e. The van der Waals surface area contributed by atoms with Crippen LogP contribution < -0.4 is 9.47 Å². The zero-order valence-corrected chi connectivity index (χ0v) is 12.7. The van der Waals surface area contributed by atoms with E-state index in [9.17, 15) is 9.18 Å². The van der Waals surface area contributed by atoms with E-state index in [-0.39, 0.29) is 17.9 Å². The molecule has 1 N–H and O–H groups in total. The summed E-state index contributed by atoms with van der Waals surface area (Å²) in [4.78, 5) is 10.9. The van der Waals surface area contributed by atoms with E-state index >= 15 is 0 Å². The summed E-state index contributed by atoms with van der Waals surface area (Å²) in [6.07, 6.45) is 0. The average Bonchev–Trinajstić information content (AvgIpc) is 2.46. The number of aromatic carboxylic acids is 1. The Labute approximate surface area is 129 Å². The lowest BCUT2D eigenvalue weighted by Gasteiger charge is -2.10. The number of rotatable bonds is 5. The first kappa shape index (κ1) is 15.3. The van der Waals surface area contributed by atoms with E-state index in [1.54, 1.807) is 12.1 Å². The van der Waals surface area contributed by atoms with Crippen LogP contribution in [0.2, 0.25) is 0 Å². The zero-order chi connectivity index (χ0) is 15.4. The molecule has 0 aromatic heterocycles. The van der Waals surface area contributed by atoms with Crippen molar-refractivity contribution < 1.29 is 23.8 Å². The Morgan fingerprint density at radius 3 is 2.62 bits per heavy atom. The number of carboxylic acids is 1. The van der Waals surface area contributed by atoms with Crippen LogP contribution in [0.3, 0.4) is 0 Å². The number of methoxy groups -OCH3 is 1. The molecule has 0 radical (unpaired) electrons. The van der Waals surface area contributed by atoms with Gasteiger partial charge in [-0.05, 0) is 51.8 Å². The molecule has 110 valence electrons. The molecule has 0 bridgehead atoms. The molecule has 2 aromatic rings. The molecule has 0 aliphatic carbocycles. The molecule has 0 spiro atoms. The zero-order valence-electron chi connectivity index (χ0n) is 11.1. The Balaban J connectivity index is 2.14. The van der Waals surface area contributed by atoms with Crippen LogP contribution in [0.15, 0.2) is 40.9 Å². The number of halogens is 2. The third kappa shape index (κ3) is 3.72. The average molecular weight is 355 g/mol. The first-order valence-electron chi connectivity index (χ1n) is 5.99. The van der Waals surface area contributed by atoms with Gasteiger partial charge in [0.25, 0.3) is 0 Å². The van der Waals surface area contributed by atoms with Gasteiger partial charge in [-0.3, -0.25) is 0 Å². The molecule has 0 saturated heterocycles. The second-order valence-electron chi connectivity index (χ2n) is 4.21. The molecule has 0 aliphatic rings. The second kappa shape index (κ2) is 6.58. The van der Waals surface area contributed by atoms with Crippen molar-refractivity contribution in [3.8, 4) is 11.5 Å². The van der Waals surface area contributed by atoms with Gasteiger partial charge in [0.1, 0.15) is 12.4 Å². The quantitative estimate of drug-likeness (QED) is 0.885. The van der Waals surface area contributed by atoms with Crippen molar-refractivity contribution in [2.45, 2.75) is 6.61 Å². The molecule has 21 heavy (non-hydrogen) atoms. The van der Waals surface area contributed by atoms with Crippen molar-refractivity contribution >= 4 is 21.9 Å². The van der Waals surface area contributed by atoms with E-state index in [0.29, 0.717) is 15.8 Å². The van der Waals surface area contributed by atoms with Gasteiger partial charge in [-0.25, -0.2) is 9.18 Å². The lowest BCUT2D eigenvalue weighted by molar-refractivity contribution is 0.0696. The first-order valence-corrected chi connectivity index (χ1v) is 6.78. The SMILES string of the molecule is COc1ccc(COc2cc(C(=O)O)ccc2Br)cc1F. The summed E-state index contributed by atoms with van der Waals surface area (Å²) in [5.41, 5.74) is 0.732. The Kier molecular flexibility index (Phi) is 4.80. The molecule has 0 amide bonds. The lowest BCUT2D eigenvalue weighted by Crippen LogP contribution is -2.00. The molecule has 4 nitrogen and oxygen atoms in total. The minimum atomic E-state index is -1.04. The van der Waals surface area contributed by atoms with Crippen LogP contribution in [0, 0.1) is 5.82 Å². The number of ether oxygens (including phenoxy) is 2. The highest BCUT2D eigenvalue weighted by Crippen LogP contribution is 2.27. The highest BCUT2D eigenvalue weighted by atomic mass is 79.9. The maximum absolute atomic E-state index is 13.6. The highest BCUT2D eigenvalue weighted by molar-refractivity contribution is 9.10. The number of carbonyl (C=O) groups is 1. The van der Waals surface area contributed by atoms with Gasteiger partial charge in [0.15, 0.2) is 11.6 Å². The van der Waals surface area contributed by atoms with Crippen molar-refractivity contribution in [1.29, 1.82) is 0 Å². The maximum atomic E-state index is 13.6. The van der Waals surface area contributed by atoms with Crippen molar-refractivity contribution in [1.82, 2.24) is 0 Å². The highest BCUT2D eigenvalue weighted by Gasteiger charge is 2.09. The molecule has 2 rings (SSSR count). The smallest absolute Gasteiger partial charge is 0.335 e. The Morgan fingerprint density at radius 2 is 2.00 bits per heavy atom. The van der Waals surface area contributed by atoms with Gasteiger partial charge in [0.05, 0.1) is 17.1 Å². The van der Waals surface area contributed by atoms with E-state index in [2.05, 4.69) is 15.9 Å². The molecule has 6 heteroatoms. The van der Waals surface area contributed by atoms with Gasteiger partial charge in [-0.1, -0.05) is 6.07 Å². The molecule has 0 saturated carbocycles. The normalized spacial score (nSPS) is 10.2. The van der Waals surface area contributed by atoms with Crippen molar-refractivity contribution in [2.24, 2.45) is 0 Å². The van der Waals surface area contributed by atoms with Crippen LogP contribution in [0.4, 0.5) is 4.39 Å². The monoisotopic (exact) mass is 354 g/mol. The fourth-order valence-corrected chi connectivity index (χ4v) is 2.07. The van der Waals surface area contributed by atoms with Crippen molar-refractivity contribution in [3.05, 3.63) is 57.8 Å². The maximum Gasteiger partial charge on any atom is 0.335 e. The number of benzene rings is 2.